The summed E-state index contributed by atoms with van der Waals surface area (Å²) in [4.78, 5) is 13.3. The molecule has 1 saturated heterocycles. The summed E-state index contributed by atoms with van der Waals surface area (Å²) in [5.74, 6) is 1.33. The molecule has 0 atom stereocenters. The van der Waals surface area contributed by atoms with Crippen LogP contribution < -0.4 is 4.90 Å². The van der Waals surface area contributed by atoms with Gasteiger partial charge >= 0.3 is 0 Å². The highest BCUT2D eigenvalue weighted by molar-refractivity contribution is 5.53. The van der Waals surface area contributed by atoms with Gasteiger partial charge in [0.25, 0.3) is 0 Å². The van der Waals surface area contributed by atoms with Crippen LogP contribution in [0.4, 0.5) is 5.69 Å². The van der Waals surface area contributed by atoms with Crippen LogP contribution in [0.1, 0.15) is 5.89 Å². The molecule has 1 fully saturated rings. The summed E-state index contributed by atoms with van der Waals surface area (Å²) in [6, 6.07) is 14.0. The van der Waals surface area contributed by atoms with Gasteiger partial charge in [0.05, 0.1) is 6.54 Å². The minimum absolute atomic E-state index is 0.654. The first-order valence-corrected chi connectivity index (χ1v) is 8.14. The van der Waals surface area contributed by atoms with Crippen molar-refractivity contribution in [3.05, 3.63) is 60.7 Å². The van der Waals surface area contributed by atoms with E-state index in [9.17, 15) is 0 Å². The highest BCUT2D eigenvalue weighted by atomic mass is 16.5. The van der Waals surface area contributed by atoms with Crippen LogP contribution in [-0.2, 0) is 6.54 Å². The molecule has 24 heavy (non-hydrogen) atoms. The Balaban J connectivity index is 1.35. The molecule has 0 saturated carbocycles. The van der Waals surface area contributed by atoms with E-state index < -0.39 is 0 Å². The fourth-order valence-electron chi connectivity index (χ4n) is 2.93. The number of aromatic nitrogens is 3. The molecule has 1 aromatic carbocycles. The molecule has 6 heteroatoms. The van der Waals surface area contributed by atoms with Crippen molar-refractivity contribution in [1.29, 1.82) is 0 Å². The maximum atomic E-state index is 5.41. The average Bonchev–Trinajstić information content (AvgIpc) is 3.12. The van der Waals surface area contributed by atoms with E-state index >= 15 is 0 Å². The Labute approximate surface area is 140 Å². The van der Waals surface area contributed by atoms with Crippen LogP contribution in [0.3, 0.4) is 0 Å². The number of rotatable bonds is 4. The molecule has 122 valence electrons. The van der Waals surface area contributed by atoms with Gasteiger partial charge in [0.15, 0.2) is 0 Å². The average molecular weight is 321 g/mol. The van der Waals surface area contributed by atoms with E-state index in [-0.39, 0.29) is 0 Å². The molecule has 0 amide bonds. The number of nitrogens with zero attached hydrogens (tertiary/aromatic N) is 5. The molecule has 0 radical (unpaired) electrons. The Morgan fingerprint density at radius 3 is 2.42 bits per heavy atom. The third-order valence-electron chi connectivity index (χ3n) is 4.26. The fraction of sp³-hybridized carbons (Fsp3) is 0.278. The van der Waals surface area contributed by atoms with Crippen LogP contribution in [-0.4, -0.2) is 46.2 Å². The van der Waals surface area contributed by atoms with E-state index in [4.69, 9.17) is 4.52 Å². The largest absolute Gasteiger partial charge is 0.369 e. The van der Waals surface area contributed by atoms with E-state index in [1.54, 1.807) is 0 Å². The third kappa shape index (κ3) is 3.28. The standard InChI is InChI=1S/C18H19N5O/c1-2-4-15(5-3-1)18-20-17(24-21-18)14-22-10-12-23(13-11-22)16-6-8-19-9-7-16/h1-9H,10-14H2. The van der Waals surface area contributed by atoms with Gasteiger partial charge in [-0.1, -0.05) is 35.5 Å². The van der Waals surface area contributed by atoms with E-state index in [1.165, 1.54) is 5.69 Å². The van der Waals surface area contributed by atoms with Crippen molar-refractivity contribution in [2.75, 3.05) is 31.1 Å². The zero-order valence-electron chi connectivity index (χ0n) is 13.4. The van der Waals surface area contributed by atoms with Gasteiger partial charge in [-0.2, -0.15) is 4.98 Å². The number of anilines is 1. The quantitative estimate of drug-likeness (QED) is 0.736. The second kappa shape index (κ2) is 6.80. The van der Waals surface area contributed by atoms with Crippen LogP contribution in [0.5, 0.6) is 0 Å². The van der Waals surface area contributed by atoms with Gasteiger partial charge in [0.2, 0.25) is 11.7 Å². The lowest BCUT2D eigenvalue weighted by Crippen LogP contribution is -2.46. The van der Waals surface area contributed by atoms with Gasteiger partial charge in [-0.15, -0.1) is 0 Å². The Kier molecular flexibility index (Phi) is 4.20. The van der Waals surface area contributed by atoms with Crippen molar-refractivity contribution in [2.24, 2.45) is 0 Å². The van der Waals surface area contributed by atoms with E-state index in [0.29, 0.717) is 18.3 Å². The lowest BCUT2D eigenvalue weighted by atomic mass is 10.2. The van der Waals surface area contributed by atoms with Gasteiger partial charge < -0.3 is 9.42 Å². The van der Waals surface area contributed by atoms with Crippen LogP contribution in [0.15, 0.2) is 59.4 Å². The van der Waals surface area contributed by atoms with Gasteiger partial charge in [-0.25, -0.2) is 0 Å². The molecule has 0 spiro atoms. The molecule has 0 bridgehead atoms. The fourth-order valence-corrected chi connectivity index (χ4v) is 2.93. The smallest absolute Gasteiger partial charge is 0.241 e. The second-order valence-electron chi connectivity index (χ2n) is 5.85. The Hall–Kier alpha value is -2.73. The van der Waals surface area contributed by atoms with Crippen molar-refractivity contribution in [3.63, 3.8) is 0 Å². The SMILES string of the molecule is c1ccc(-c2noc(CN3CCN(c4ccncc4)CC3)n2)cc1. The Morgan fingerprint density at radius 2 is 1.67 bits per heavy atom. The normalized spacial score (nSPS) is 15.6. The molecule has 6 nitrogen and oxygen atoms in total. The van der Waals surface area contributed by atoms with Gasteiger partial charge in [-0.05, 0) is 12.1 Å². The van der Waals surface area contributed by atoms with Crippen molar-refractivity contribution < 1.29 is 4.52 Å². The molecule has 3 heterocycles. The summed E-state index contributed by atoms with van der Waals surface area (Å²) >= 11 is 0. The minimum atomic E-state index is 0.654. The van der Waals surface area contributed by atoms with Gasteiger partial charge in [-0.3, -0.25) is 9.88 Å². The minimum Gasteiger partial charge on any atom is -0.369 e. The summed E-state index contributed by atoms with van der Waals surface area (Å²) in [5, 5.41) is 4.08. The molecular formula is C18H19N5O. The van der Waals surface area contributed by atoms with Crippen molar-refractivity contribution >= 4 is 5.69 Å². The maximum absolute atomic E-state index is 5.41. The van der Waals surface area contributed by atoms with Crippen LogP contribution in [0.2, 0.25) is 0 Å². The first-order valence-electron chi connectivity index (χ1n) is 8.14. The third-order valence-corrected chi connectivity index (χ3v) is 4.26. The molecule has 1 aliphatic heterocycles. The summed E-state index contributed by atoms with van der Waals surface area (Å²) in [6.45, 7) is 4.63. The molecular weight excluding hydrogens is 302 g/mol. The van der Waals surface area contributed by atoms with Crippen molar-refractivity contribution in [2.45, 2.75) is 6.54 Å². The molecule has 3 aromatic rings. The van der Waals surface area contributed by atoms with Crippen LogP contribution >= 0.6 is 0 Å². The topological polar surface area (TPSA) is 58.3 Å². The predicted octanol–water partition coefficient (Wildman–Crippen LogP) is 2.45. The van der Waals surface area contributed by atoms with E-state index in [0.717, 1.165) is 31.7 Å². The first kappa shape index (κ1) is 14.8. The highest BCUT2D eigenvalue weighted by Crippen LogP contribution is 2.18. The molecule has 2 aromatic heterocycles. The number of hydrogen-bond acceptors (Lipinski definition) is 6. The molecule has 0 unspecified atom stereocenters. The van der Waals surface area contributed by atoms with Crippen LogP contribution in [0, 0.1) is 0 Å². The first-order chi connectivity index (χ1) is 11.9. The van der Waals surface area contributed by atoms with Crippen molar-refractivity contribution in [3.8, 4) is 11.4 Å². The Morgan fingerprint density at radius 1 is 0.917 bits per heavy atom. The number of benzene rings is 1. The molecule has 4 rings (SSSR count). The molecule has 0 N–H and O–H groups in total. The lowest BCUT2D eigenvalue weighted by Gasteiger charge is -2.35. The van der Waals surface area contributed by atoms with Crippen LogP contribution in [0.25, 0.3) is 11.4 Å². The highest BCUT2D eigenvalue weighted by Gasteiger charge is 2.19. The number of pyridine rings is 1. The summed E-state index contributed by atoms with van der Waals surface area (Å²) in [5.41, 5.74) is 2.21. The molecule has 1 aliphatic rings. The van der Waals surface area contributed by atoms with Gasteiger partial charge in [0, 0.05) is 49.8 Å². The van der Waals surface area contributed by atoms with Crippen molar-refractivity contribution in [1.82, 2.24) is 20.0 Å². The zero-order chi connectivity index (χ0) is 16.2. The zero-order valence-corrected chi connectivity index (χ0v) is 13.4. The monoisotopic (exact) mass is 321 g/mol. The maximum Gasteiger partial charge on any atom is 0.241 e. The Bertz CT molecular complexity index is 766. The number of piperazine rings is 1. The molecule has 0 aliphatic carbocycles. The lowest BCUT2D eigenvalue weighted by molar-refractivity contribution is 0.215. The second-order valence-corrected chi connectivity index (χ2v) is 5.85. The van der Waals surface area contributed by atoms with Gasteiger partial charge in [0.1, 0.15) is 0 Å². The summed E-state index contributed by atoms with van der Waals surface area (Å²) in [7, 11) is 0. The van der Waals surface area contributed by atoms with E-state index in [1.807, 2.05) is 42.7 Å². The van der Waals surface area contributed by atoms with E-state index in [2.05, 4.69) is 37.1 Å². The summed E-state index contributed by atoms with van der Waals surface area (Å²) < 4.78 is 5.41. The number of hydrogen-bond donors (Lipinski definition) is 0. The predicted molar refractivity (Wildman–Crippen MR) is 91.5 cm³/mol. The summed E-state index contributed by atoms with van der Waals surface area (Å²) in [6.07, 6.45) is 3.68.